The van der Waals surface area contributed by atoms with Crippen molar-refractivity contribution in [2.24, 2.45) is 0 Å². The Balaban J connectivity index is 2.10. The van der Waals surface area contributed by atoms with Gasteiger partial charge in [0, 0.05) is 0 Å². The molecule has 1 nitrogen and oxygen atoms in total. The summed E-state index contributed by atoms with van der Waals surface area (Å²) in [6, 6.07) is 16.8. The summed E-state index contributed by atoms with van der Waals surface area (Å²) in [4.78, 5) is 0. The average Bonchev–Trinajstić information content (AvgIpc) is 2.48. The van der Waals surface area contributed by atoms with Gasteiger partial charge in [0.15, 0.2) is 0 Å². The highest BCUT2D eigenvalue weighted by Crippen LogP contribution is 2.11. The van der Waals surface area contributed by atoms with Crippen molar-refractivity contribution in [3.8, 4) is 5.75 Å². The highest BCUT2D eigenvalue weighted by molar-refractivity contribution is 6.68. The van der Waals surface area contributed by atoms with Crippen molar-refractivity contribution in [2.75, 3.05) is 0 Å². The zero-order chi connectivity index (χ0) is 10.1. The molecule has 2 heteroatoms. The molecule has 0 spiro atoms. The fourth-order valence-electron chi connectivity index (χ4n) is 1.76. The predicted molar refractivity (Wildman–Crippen MR) is 62.2 cm³/mol. The van der Waals surface area contributed by atoms with Crippen LogP contribution in [0.5, 0.6) is 5.75 Å². The Bertz CT molecular complexity index is 448. The van der Waals surface area contributed by atoms with Crippen LogP contribution in [-0.4, -0.2) is 9.52 Å². The van der Waals surface area contributed by atoms with Gasteiger partial charge >= 0.3 is 0 Å². The molecule has 0 atom stereocenters. The van der Waals surface area contributed by atoms with Gasteiger partial charge in [0.2, 0.25) is 0 Å². The van der Waals surface area contributed by atoms with Gasteiger partial charge in [-0.1, -0.05) is 47.7 Å². The molecule has 0 aliphatic carbocycles. The molecule has 0 saturated carbocycles. The van der Waals surface area contributed by atoms with Crippen LogP contribution in [0.1, 0.15) is 5.56 Å². The third-order valence-electron chi connectivity index (χ3n) is 2.56. The molecule has 0 saturated heterocycles. The van der Waals surface area contributed by atoms with Crippen LogP contribution in [0.4, 0.5) is 0 Å². The van der Waals surface area contributed by atoms with Gasteiger partial charge in [0.25, 0.3) is 0 Å². The average molecular weight is 210 g/mol. The Morgan fingerprint density at radius 3 is 2.53 bits per heavy atom. The van der Waals surface area contributed by atoms with Crippen molar-refractivity contribution in [3.63, 3.8) is 0 Å². The minimum absolute atomic E-state index is 0.695. The first-order valence-corrected chi connectivity index (χ1v) is 6.00. The lowest BCUT2D eigenvalue weighted by molar-refractivity contribution is 0.311. The molecule has 2 aromatic carbocycles. The Kier molecular flexibility index (Phi) is 2.07. The predicted octanol–water partition coefficient (Wildman–Crippen LogP) is 1.23. The first-order valence-electron chi connectivity index (χ1n) is 5.00. The van der Waals surface area contributed by atoms with E-state index in [1.165, 1.54) is 15.9 Å². The molecule has 1 aliphatic heterocycles. The van der Waals surface area contributed by atoms with Gasteiger partial charge in [-0.2, -0.15) is 0 Å². The second-order valence-electron chi connectivity index (χ2n) is 3.57. The second-order valence-corrected chi connectivity index (χ2v) is 4.89. The van der Waals surface area contributed by atoms with Crippen molar-refractivity contribution in [2.45, 2.75) is 6.61 Å². The summed E-state index contributed by atoms with van der Waals surface area (Å²) in [5.74, 6) is 1.03. The normalized spacial score (nSPS) is 13.3. The summed E-state index contributed by atoms with van der Waals surface area (Å²) < 4.78 is 5.78. The van der Waals surface area contributed by atoms with Crippen molar-refractivity contribution >= 4 is 19.9 Å². The van der Waals surface area contributed by atoms with Gasteiger partial charge < -0.3 is 4.74 Å². The molecular weight excluding hydrogens is 200 g/mol. The van der Waals surface area contributed by atoms with Crippen LogP contribution in [0.15, 0.2) is 48.5 Å². The van der Waals surface area contributed by atoms with E-state index in [1.807, 2.05) is 12.1 Å². The molecule has 0 unspecified atom stereocenters. The Hall–Kier alpha value is -1.54. The lowest BCUT2D eigenvalue weighted by Crippen LogP contribution is -2.27. The highest BCUT2D eigenvalue weighted by atomic mass is 28.2. The first-order chi connectivity index (χ1) is 7.43. The van der Waals surface area contributed by atoms with E-state index >= 15 is 0 Å². The summed E-state index contributed by atoms with van der Waals surface area (Å²) in [5, 5.41) is 2.71. The van der Waals surface area contributed by atoms with Gasteiger partial charge in [-0.15, -0.1) is 0 Å². The van der Waals surface area contributed by atoms with Crippen LogP contribution < -0.4 is 15.1 Å². The number of hydrogen-bond donors (Lipinski definition) is 0. The summed E-state index contributed by atoms with van der Waals surface area (Å²) in [5.41, 5.74) is 1.31. The van der Waals surface area contributed by atoms with Gasteiger partial charge in [-0.05, 0) is 16.8 Å². The highest BCUT2D eigenvalue weighted by Gasteiger charge is 2.13. The van der Waals surface area contributed by atoms with Crippen LogP contribution in [0, 0.1) is 0 Å². The number of para-hydroxylation sites is 1. The van der Waals surface area contributed by atoms with Crippen molar-refractivity contribution < 1.29 is 4.74 Å². The maximum absolute atomic E-state index is 5.78. The summed E-state index contributed by atoms with van der Waals surface area (Å²) in [7, 11) is 0.712. The van der Waals surface area contributed by atoms with Crippen molar-refractivity contribution in [3.05, 3.63) is 54.1 Å². The van der Waals surface area contributed by atoms with E-state index in [0.29, 0.717) is 16.1 Å². The third-order valence-corrected chi connectivity index (χ3v) is 4.00. The van der Waals surface area contributed by atoms with Crippen LogP contribution in [-0.2, 0) is 6.61 Å². The van der Waals surface area contributed by atoms with E-state index in [0.717, 1.165) is 5.75 Å². The first kappa shape index (κ1) is 8.74. The fraction of sp³-hybridized carbons (Fsp3) is 0.0769. The molecule has 1 aliphatic rings. The molecule has 2 radical (unpaired) electrons. The fourth-order valence-corrected chi connectivity index (χ4v) is 3.01. The third kappa shape index (κ3) is 1.57. The molecule has 1 heterocycles. The quantitative estimate of drug-likeness (QED) is 0.594. The zero-order valence-electron chi connectivity index (χ0n) is 8.23. The van der Waals surface area contributed by atoms with Crippen molar-refractivity contribution in [1.29, 1.82) is 0 Å². The topological polar surface area (TPSA) is 9.23 Å². The maximum Gasteiger partial charge on any atom is 0.127 e. The van der Waals surface area contributed by atoms with Crippen molar-refractivity contribution in [1.82, 2.24) is 0 Å². The molecule has 0 aromatic heterocycles. The minimum Gasteiger partial charge on any atom is -0.489 e. The standard InChI is InChI=1S/C13H10OSi/c1-3-7-12-10(5-1)9-14-11-6-2-4-8-13(11)15-12/h1-8H,9H2. The molecule has 15 heavy (non-hydrogen) atoms. The van der Waals surface area contributed by atoms with E-state index in [9.17, 15) is 0 Å². The lowest BCUT2D eigenvalue weighted by Gasteiger charge is -2.05. The van der Waals surface area contributed by atoms with Crippen LogP contribution >= 0.6 is 0 Å². The molecule has 0 N–H and O–H groups in total. The lowest BCUT2D eigenvalue weighted by atomic mass is 10.2. The Morgan fingerprint density at radius 1 is 0.867 bits per heavy atom. The largest absolute Gasteiger partial charge is 0.489 e. The molecule has 3 rings (SSSR count). The number of benzene rings is 2. The second kappa shape index (κ2) is 3.55. The molecule has 0 fully saturated rings. The van der Waals surface area contributed by atoms with E-state index in [2.05, 4.69) is 36.4 Å². The number of hydrogen-bond acceptors (Lipinski definition) is 1. The summed E-state index contributed by atoms with van der Waals surface area (Å²) in [6.45, 7) is 0.695. The van der Waals surface area contributed by atoms with Gasteiger partial charge in [-0.25, -0.2) is 0 Å². The number of rotatable bonds is 0. The van der Waals surface area contributed by atoms with Crippen LogP contribution in [0.3, 0.4) is 0 Å². The van der Waals surface area contributed by atoms with Gasteiger partial charge in [-0.3, -0.25) is 0 Å². The molecule has 72 valence electrons. The molecule has 0 bridgehead atoms. The summed E-state index contributed by atoms with van der Waals surface area (Å²) >= 11 is 0. The zero-order valence-corrected chi connectivity index (χ0v) is 9.23. The molecule has 0 amide bonds. The van der Waals surface area contributed by atoms with Gasteiger partial charge in [0.1, 0.15) is 21.9 Å². The Morgan fingerprint density at radius 2 is 1.60 bits per heavy atom. The van der Waals surface area contributed by atoms with E-state index in [1.54, 1.807) is 0 Å². The minimum atomic E-state index is 0.695. The van der Waals surface area contributed by atoms with Crippen LogP contribution in [0.2, 0.25) is 0 Å². The molecular formula is C13H10OSi. The monoisotopic (exact) mass is 210 g/mol. The van der Waals surface area contributed by atoms with E-state index in [-0.39, 0.29) is 0 Å². The molecule has 2 aromatic rings. The maximum atomic E-state index is 5.78. The smallest absolute Gasteiger partial charge is 0.127 e. The summed E-state index contributed by atoms with van der Waals surface area (Å²) in [6.07, 6.45) is 0. The van der Waals surface area contributed by atoms with E-state index in [4.69, 9.17) is 4.74 Å². The number of fused-ring (bicyclic) bond motifs is 2. The Labute approximate surface area is 91.5 Å². The van der Waals surface area contributed by atoms with Gasteiger partial charge in [0.05, 0.1) is 0 Å². The van der Waals surface area contributed by atoms with E-state index < -0.39 is 0 Å². The van der Waals surface area contributed by atoms with Crippen LogP contribution in [0.25, 0.3) is 0 Å². The number of ether oxygens (including phenoxy) is 1. The SMILES string of the molecule is c1ccc2c(c1)COc1ccccc1[Si]2.